The molecule has 0 spiro atoms. The van der Waals surface area contributed by atoms with Crippen LogP contribution in [0.3, 0.4) is 0 Å². The van der Waals surface area contributed by atoms with Crippen LogP contribution in [0.15, 0.2) is 53.4 Å². The molecule has 0 bridgehead atoms. The van der Waals surface area contributed by atoms with Gasteiger partial charge in [-0.05, 0) is 36.4 Å². The van der Waals surface area contributed by atoms with Crippen molar-refractivity contribution in [2.75, 3.05) is 30.9 Å². The van der Waals surface area contributed by atoms with Gasteiger partial charge in [-0.25, -0.2) is 12.7 Å². The third-order valence-corrected chi connectivity index (χ3v) is 5.93. The number of fused-ring (bicyclic) bond motifs is 1. The number of ketones is 1. The van der Waals surface area contributed by atoms with Crippen LogP contribution in [0.1, 0.15) is 10.4 Å². The smallest absolute Gasteiger partial charge is 0.299 e. The summed E-state index contributed by atoms with van der Waals surface area (Å²) in [6.07, 6.45) is 0. The maximum absolute atomic E-state index is 12.3. The molecule has 0 saturated carbocycles. The Bertz CT molecular complexity index is 1030. The second-order valence-corrected chi connectivity index (χ2v) is 8.25. The van der Waals surface area contributed by atoms with Gasteiger partial charge in [0.25, 0.3) is 11.7 Å². The highest BCUT2D eigenvalue weighted by Crippen LogP contribution is 2.28. The first-order valence-corrected chi connectivity index (χ1v) is 9.43. The standard InChI is InChI=1S/C18H17N3O5S/c1-20(2)27(25,26)13-9-7-12(8-10-13)19-16(22)11-21-15-6-4-3-5-14(15)17(23)18(21)24/h3-10H,11H2,1-2H3,(H,19,22). The van der Waals surface area contributed by atoms with E-state index in [-0.39, 0.29) is 17.0 Å². The van der Waals surface area contributed by atoms with E-state index in [0.717, 1.165) is 9.21 Å². The van der Waals surface area contributed by atoms with E-state index in [2.05, 4.69) is 5.32 Å². The Morgan fingerprint density at radius 2 is 1.67 bits per heavy atom. The normalized spacial score (nSPS) is 13.8. The minimum Gasteiger partial charge on any atom is -0.325 e. The fourth-order valence-electron chi connectivity index (χ4n) is 2.67. The summed E-state index contributed by atoms with van der Waals surface area (Å²) in [6.45, 7) is -0.320. The molecule has 0 aromatic heterocycles. The van der Waals surface area contributed by atoms with Crippen LogP contribution in [0, 0.1) is 0 Å². The molecule has 0 saturated heterocycles. The van der Waals surface area contributed by atoms with Crippen molar-refractivity contribution in [1.82, 2.24) is 4.31 Å². The second kappa shape index (κ2) is 6.93. The number of anilines is 2. The van der Waals surface area contributed by atoms with E-state index in [1.807, 2.05) is 0 Å². The molecule has 2 aromatic rings. The summed E-state index contributed by atoms with van der Waals surface area (Å²) in [5, 5.41) is 2.59. The highest BCUT2D eigenvalue weighted by Gasteiger charge is 2.36. The predicted octanol–water partition coefficient (Wildman–Crippen LogP) is 1.10. The number of benzene rings is 2. The van der Waals surface area contributed by atoms with Crippen molar-refractivity contribution in [3.63, 3.8) is 0 Å². The average molecular weight is 387 g/mol. The van der Waals surface area contributed by atoms with Gasteiger partial charge in [-0.15, -0.1) is 0 Å². The first-order valence-electron chi connectivity index (χ1n) is 7.99. The molecule has 0 radical (unpaired) electrons. The third kappa shape index (κ3) is 3.46. The van der Waals surface area contributed by atoms with Crippen molar-refractivity contribution >= 4 is 39.0 Å². The van der Waals surface area contributed by atoms with Crippen LogP contribution in [0.4, 0.5) is 11.4 Å². The van der Waals surface area contributed by atoms with Crippen molar-refractivity contribution < 1.29 is 22.8 Å². The molecule has 0 unspecified atom stereocenters. The zero-order valence-corrected chi connectivity index (χ0v) is 15.5. The Hall–Kier alpha value is -3.04. The number of hydrogen-bond acceptors (Lipinski definition) is 5. The summed E-state index contributed by atoms with van der Waals surface area (Å²) in [6, 6.07) is 12.1. The van der Waals surface area contributed by atoms with Crippen LogP contribution >= 0.6 is 0 Å². The Balaban J connectivity index is 1.72. The first kappa shape index (κ1) is 18.7. The summed E-state index contributed by atoms with van der Waals surface area (Å²) in [5.74, 6) is -1.90. The van der Waals surface area contributed by atoms with Gasteiger partial charge in [0.1, 0.15) is 6.54 Å². The van der Waals surface area contributed by atoms with Gasteiger partial charge in [0.15, 0.2) is 0 Å². The van der Waals surface area contributed by atoms with E-state index < -0.39 is 27.6 Å². The van der Waals surface area contributed by atoms with Crippen molar-refractivity contribution in [2.24, 2.45) is 0 Å². The molecule has 1 aliphatic heterocycles. The topological polar surface area (TPSA) is 104 Å². The van der Waals surface area contributed by atoms with Crippen molar-refractivity contribution in [3.8, 4) is 0 Å². The largest absolute Gasteiger partial charge is 0.325 e. The zero-order chi connectivity index (χ0) is 19.8. The predicted molar refractivity (Wildman–Crippen MR) is 99.1 cm³/mol. The van der Waals surface area contributed by atoms with Gasteiger partial charge in [-0.1, -0.05) is 12.1 Å². The van der Waals surface area contributed by atoms with Crippen molar-refractivity contribution in [1.29, 1.82) is 0 Å². The lowest BCUT2D eigenvalue weighted by Gasteiger charge is -2.16. The van der Waals surface area contributed by atoms with Gasteiger partial charge in [0.2, 0.25) is 15.9 Å². The minimum atomic E-state index is -3.56. The molecule has 0 aliphatic carbocycles. The van der Waals surface area contributed by atoms with Gasteiger partial charge in [-0.3, -0.25) is 19.3 Å². The van der Waals surface area contributed by atoms with Gasteiger partial charge in [-0.2, -0.15) is 0 Å². The zero-order valence-electron chi connectivity index (χ0n) is 14.7. The molecule has 3 rings (SSSR count). The molecule has 140 valence electrons. The highest BCUT2D eigenvalue weighted by atomic mass is 32.2. The molecule has 1 N–H and O–H groups in total. The molecule has 1 heterocycles. The molecular formula is C18H17N3O5S. The van der Waals surface area contributed by atoms with E-state index >= 15 is 0 Å². The van der Waals surface area contributed by atoms with Gasteiger partial charge in [0.05, 0.1) is 16.1 Å². The van der Waals surface area contributed by atoms with Crippen LogP contribution in [0.25, 0.3) is 0 Å². The molecule has 8 nitrogen and oxygen atoms in total. The number of nitrogens with zero attached hydrogens (tertiary/aromatic N) is 2. The lowest BCUT2D eigenvalue weighted by molar-refractivity contribution is -0.118. The molecular weight excluding hydrogens is 370 g/mol. The first-order chi connectivity index (χ1) is 12.7. The van der Waals surface area contributed by atoms with E-state index in [1.54, 1.807) is 18.2 Å². The Morgan fingerprint density at radius 1 is 1.04 bits per heavy atom. The SMILES string of the molecule is CN(C)S(=O)(=O)c1ccc(NC(=O)CN2C(=O)C(=O)c3ccccc32)cc1. The average Bonchev–Trinajstić information content (AvgIpc) is 2.87. The fraction of sp³-hybridized carbons (Fsp3) is 0.167. The molecule has 0 atom stereocenters. The van der Waals surface area contributed by atoms with Crippen LogP contribution in [-0.4, -0.2) is 51.0 Å². The van der Waals surface area contributed by atoms with Crippen LogP contribution in [0.2, 0.25) is 0 Å². The number of sulfonamides is 1. The van der Waals surface area contributed by atoms with Gasteiger partial charge in [0, 0.05) is 19.8 Å². The number of para-hydroxylation sites is 1. The van der Waals surface area contributed by atoms with Crippen molar-refractivity contribution in [3.05, 3.63) is 54.1 Å². The molecule has 27 heavy (non-hydrogen) atoms. The molecule has 9 heteroatoms. The monoisotopic (exact) mass is 387 g/mol. The number of amides is 2. The number of hydrogen-bond donors (Lipinski definition) is 1. The van der Waals surface area contributed by atoms with Crippen LogP contribution in [0.5, 0.6) is 0 Å². The lowest BCUT2D eigenvalue weighted by Crippen LogP contribution is -2.37. The lowest BCUT2D eigenvalue weighted by atomic mass is 10.1. The summed E-state index contributed by atoms with van der Waals surface area (Å²) < 4.78 is 25.2. The third-order valence-electron chi connectivity index (χ3n) is 4.10. The van der Waals surface area contributed by atoms with Crippen molar-refractivity contribution in [2.45, 2.75) is 4.90 Å². The van der Waals surface area contributed by atoms with E-state index in [0.29, 0.717) is 11.4 Å². The summed E-state index contributed by atoms with van der Waals surface area (Å²) in [5.41, 5.74) is 1.05. The van der Waals surface area contributed by atoms with E-state index in [9.17, 15) is 22.8 Å². The number of Topliss-reactive ketones (excluding diaryl/α,β-unsaturated/α-hetero) is 1. The molecule has 2 aromatic carbocycles. The number of rotatable bonds is 5. The maximum atomic E-state index is 12.3. The Labute approximate surface area is 156 Å². The maximum Gasteiger partial charge on any atom is 0.299 e. The number of carbonyl (C=O) groups is 3. The quantitative estimate of drug-likeness (QED) is 0.774. The molecule has 2 amide bonds. The number of nitrogens with one attached hydrogen (secondary N) is 1. The number of carbonyl (C=O) groups excluding carboxylic acids is 3. The summed E-state index contributed by atoms with van der Waals surface area (Å²) in [4.78, 5) is 37.5. The highest BCUT2D eigenvalue weighted by molar-refractivity contribution is 7.89. The summed E-state index contributed by atoms with van der Waals surface area (Å²) in [7, 11) is -0.702. The van der Waals surface area contributed by atoms with E-state index in [4.69, 9.17) is 0 Å². The van der Waals surface area contributed by atoms with Gasteiger partial charge >= 0.3 is 0 Å². The Morgan fingerprint density at radius 3 is 2.30 bits per heavy atom. The second-order valence-electron chi connectivity index (χ2n) is 6.10. The van der Waals surface area contributed by atoms with Crippen LogP contribution in [-0.2, 0) is 19.6 Å². The van der Waals surface area contributed by atoms with E-state index in [1.165, 1.54) is 44.4 Å². The minimum absolute atomic E-state index is 0.0970. The van der Waals surface area contributed by atoms with Gasteiger partial charge < -0.3 is 5.32 Å². The fourth-order valence-corrected chi connectivity index (χ4v) is 3.57. The summed E-state index contributed by atoms with van der Waals surface area (Å²) >= 11 is 0. The molecule has 1 aliphatic rings. The Kier molecular flexibility index (Phi) is 4.81. The van der Waals surface area contributed by atoms with Crippen LogP contribution < -0.4 is 10.2 Å². The molecule has 0 fully saturated rings.